The molecule has 3 rings (SSSR count). The molecule has 0 unspecified atom stereocenters. The van der Waals surface area contributed by atoms with Gasteiger partial charge in [-0.15, -0.1) is 0 Å². The number of amides is 2. The van der Waals surface area contributed by atoms with Crippen LogP contribution in [-0.4, -0.2) is 54.5 Å². The van der Waals surface area contributed by atoms with Gasteiger partial charge >= 0.3 is 12.1 Å². The number of carbonyl (C=O) groups excluding carboxylic acids is 3. The van der Waals surface area contributed by atoms with Gasteiger partial charge in [0.15, 0.2) is 0 Å². The molecule has 1 aliphatic carbocycles. The Morgan fingerprint density at radius 1 is 1.14 bits per heavy atom. The number of benzene rings is 1. The summed E-state index contributed by atoms with van der Waals surface area (Å²) in [5.41, 5.74) is -0.492. The number of alkyl carbamates (subject to hydrolysis) is 1. The molecule has 0 aromatic heterocycles. The van der Waals surface area contributed by atoms with Gasteiger partial charge in [0, 0.05) is 30.6 Å². The van der Waals surface area contributed by atoms with E-state index in [0.29, 0.717) is 37.1 Å². The smallest absolute Gasteiger partial charge is 0.413 e. The summed E-state index contributed by atoms with van der Waals surface area (Å²) in [5, 5.41) is 2.63. The van der Waals surface area contributed by atoms with Crippen molar-refractivity contribution in [2.75, 3.05) is 20.2 Å². The zero-order valence-electron chi connectivity index (χ0n) is 22.0. The Balaban J connectivity index is 2.08. The number of nitrogens with zero attached hydrogens (tertiary/aromatic N) is 2. The Morgan fingerprint density at radius 3 is 2.31 bits per heavy atom. The lowest BCUT2D eigenvalue weighted by atomic mass is 9.93. The summed E-state index contributed by atoms with van der Waals surface area (Å²) in [6.45, 7) is 10.3. The predicted octanol–water partition coefficient (Wildman–Crippen LogP) is 5.02. The summed E-state index contributed by atoms with van der Waals surface area (Å²) in [4.78, 5) is 44.7. The fraction of sp³-hybridized carbons (Fsp3) is 0.556. The zero-order valence-corrected chi connectivity index (χ0v) is 22.0. The van der Waals surface area contributed by atoms with Gasteiger partial charge in [0.2, 0.25) is 5.91 Å². The Labute approximate surface area is 211 Å². The van der Waals surface area contributed by atoms with Crippen molar-refractivity contribution in [1.82, 2.24) is 10.2 Å². The molecule has 0 atom stereocenters. The second-order valence-electron chi connectivity index (χ2n) is 10.3. The maximum Gasteiger partial charge on any atom is 0.413 e. The van der Waals surface area contributed by atoms with Crippen molar-refractivity contribution < 1.29 is 28.2 Å². The number of nitrogens with one attached hydrogen (secondary N) is 1. The van der Waals surface area contributed by atoms with E-state index in [1.54, 1.807) is 31.7 Å². The first-order chi connectivity index (χ1) is 16.9. The van der Waals surface area contributed by atoms with E-state index in [4.69, 9.17) is 9.47 Å². The lowest BCUT2D eigenvalue weighted by Gasteiger charge is -2.23. The van der Waals surface area contributed by atoms with E-state index in [2.05, 4.69) is 10.3 Å². The van der Waals surface area contributed by atoms with Crippen molar-refractivity contribution in [3.63, 3.8) is 0 Å². The van der Waals surface area contributed by atoms with Gasteiger partial charge in [-0.2, -0.15) is 0 Å². The van der Waals surface area contributed by atoms with Crippen LogP contribution in [0.1, 0.15) is 77.8 Å². The maximum atomic E-state index is 15.5. The summed E-state index contributed by atoms with van der Waals surface area (Å²) in [6, 6.07) is 2.96. The van der Waals surface area contributed by atoms with Gasteiger partial charge in [-0.1, -0.05) is 13.8 Å². The third-order valence-corrected chi connectivity index (χ3v) is 6.11. The van der Waals surface area contributed by atoms with Crippen LogP contribution < -0.4 is 5.32 Å². The molecule has 0 spiro atoms. The second-order valence-corrected chi connectivity index (χ2v) is 10.3. The van der Waals surface area contributed by atoms with E-state index in [-0.39, 0.29) is 29.4 Å². The van der Waals surface area contributed by atoms with E-state index in [9.17, 15) is 14.4 Å². The molecule has 0 radical (unpaired) electrons. The molecular weight excluding hydrogens is 465 g/mol. The molecular formula is C27H36FN3O5. The number of rotatable bonds is 7. The van der Waals surface area contributed by atoms with Gasteiger partial charge in [0.25, 0.3) is 0 Å². The molecule has 1 saturated carbocycles. The number of ether oxygens (including phenoxy) is 2. The molecule has 1 fully saturated rings. The lowest BCUT2D eigenvalue weighted by molar-refractivity contribution is -0.143. The SMILES string of the molecule is CCCN(CCC)C(=O)C1=Cc2c(F)cc(C3(C(=O)OC)CC3)cc2N=C(NC(=O)OC(C)(C)C)C1. The summed E-state index contributed by atoms with van der Waals surface area (Å²) < 4.78 is 25.8. The molecule has 2 amide bonds. The molecule has 0 saturated heterocycles. The predicted molar refractivity (Wildman–Crippen MR) is 136 cm³/mol. The number of aliphatic imine (C=N–C) groups is 1. The Bertz CT molecular complexity index is 1090. The first-order valence-electron chi connectivity index (χ1n) is 12.4. The van der Waals surface area contributed by atoms with Crippen molar-refractivity contribution in [1.29, 1.82) is 0 Å². The Kier molecular flexibility index (Phi) is 8.21. The molecule has 2 aliphatic rings. The average molecular weight is 502 g/mol. The normalized spacial score (nSPS) is 16.1. The van der Waals surface area contributed by atoms with Crippen molar-refractivity contribution in [3.8, 4) is 0 Å². The number of fused-ring (bicyclic) bond motifs is 1. The number of amidine groups is 1. The number of carbonyl (C=O) groups is 3. The monoisotopic (exact) mass is 501 g/mol. The van der Waals surface area contributed by atoms with Crippen LogP contribution in [0.25, 0.3) is 6.08 Å². The van der Waals surface area contributed by atoms with E-state index < -0.39 is 28.9 Å². The number of hydrogen-bond acceptors (Lipinski definition) is 6. The van der Waals surface area contributed by atoms with Gasteiger partial charge < -0.3 is 14.4 Å². The molecule has 1 aromatic rings. The molecule has 9 heteroatoms. The van der Waals surface area contributed by atoms with E-state index in [1.165, 1.54) is 19.3 Å². The average Bonchev–Trinajstić information content (AvgIpc) is 3.61. The highest BCUT2D eigenvalue weighted by Crippen LogP contribution is 2.50. The standard InChI is InChI=1S/C27H36FN3O5/c1-7-11-31(12-8-2)23(32)17-13-19-20(28)15-18(27(9-10-27)24(33)35-6)16-21(19)29-22(14-17)30-25(34)36-26(3,4)5/h13,15-16H,7-12,14H2,1-6H3,(H,29,30,34). The minimum absolute atomic E-state index is 0.00635. The van der Waals surface area contributed by atoms with Gasteiger partial charge in [-0.05, 0) is 70.2 Å². The fourth-order valence-corrected chi connectivity index (χ4v) is 4.33. The van der Waals surface area contributed by atoms with Crippen molar-refractivity contribution >= 4 is 35.6 Å². The number of methoxy groups -OCH3 is 1. The van der Waals surface area contributed by atoms with Gasteiger partial charge in [0.05, 0.1) is 18.2 Å². The Hall–Kier alpha value is -3.23. The van der Waals surface area contributed by atoms with Gasteiger partial charge in [0.1, 0.15) is 17.3 Å². The molecule has 36 heavy (non-hydrogen) atoms. The molecule has 1 N–H and O–H groups in total. The Morgan fingerprint density at radius 2 is 1.78 bits per heavy atom. The fourth-order valence-electron chi connectivity index (χ4n) is 4.33. The van der Waals surface area contributed by atoms with Crippen molar-refractivity contribution in [3.05, 3.63) is 34.6 Å². The third-order valence-electron chi connectivity index (χ3n) is 6.11. The number of halogens is 1. The van der Waals surface area contributed by atoms with E-state index >= 15 is 4.39 Å². The van der Waals surface area contributed by atoms with Crippen molar-refractivity contribution in [2.24, 2.45) is 4.99 Å². The highest BCUT2D eigenvalue weighted by Gasteiger charge is 2.53. The summed E-state index contributed by atoms with van der Waals surface area (Å²) >= 11 is 0. The first-order valence-corrected chi connectivity index (χ1v) is 12.4. The highest BCUT2D eigenvalue weighted by molar-refractivity contribution is 6.08. The highest BCUT2D eigenvalue weighted by atomic mass is 19.1. The summed E-state index contributed by atoms with van der Waals surface area (Å²) in [5.74, 6) is -1.09. The number of hydrogen-bond donors (Lipinski definition) is 1. The van der Waals surface area contributed by atoms with E-state index in [0.717, 1.165) is 12.8 Å². The van der Waals surface area contributed by atoms with Crippen LogP contribution in [0, 0.1) is 5.82 Å². The minimum atomic E-state index is -0.896. The minimum Gasteiger partial charge on any atom is -0.468 e. The van der Waals surface area contributed by atoms with Crippen LogP contribution in [0.15, 0.2) is 22.7 Å². The maximum absolute atomic E-state index is 15.5. The van der Waals surface area contributed by atoms with Gasteiger partial charge in [-0.3, -0.25) is 14.9 Å². The third kappa shape index (κ3) is 6.12. The molecule has 8 nitrogen and oxygen atoms in total. The first kappa shape index (κ1) is 27.4. The van der Waals surface area contributed by atoms with E-state index in [1.807, 2.05) is 13.8 Å². The topological polar surface area (TPSA) is 97.3 Å². The van der Waals surface area contributed by atoms with Crippen LogP contribution in [0.5, 0.6) is 0 Å². The van der Waals surface area contributed by atoms with Crippen LogP contribution in [-0.2, 0) is 24.5 Å². The molecule has 1 aliphatic heterocycles. The van der Waals surface area contributed by atoms with Crippen LogP contribution in [0.2, 0.25) is 0 Å². The van der Waals surface area contributed by atoms with Crippen LogP contribution in [0.3, 0.4) is 0 Å². The molecule has 1 heterocycles. The quantitative estimate of drug-likeness (QED) is 0.529. The van der Waals surface area contributed by atoms with Gasteiger partial charge in [-0.25, -0.2) is 14.2 Å². The summed E-state index contributed by atoms with van der Waals surface area (Å²) in [7, 11) is 1.31. The van der Waals surface area contributed by atoms with Crippen molar-refractivity contribution in [2.45, 2.75) is 77.7 Å². The molecule has 0 bridgehead atoms. The van der Waals surface area contributed by atoms with Crippen LogP contribution in [0.4, 0.5) is 14.9 Å². The van der Waals surface area contributed by atoms with Crippen LogP contribution >= 0.6 is 0 Å². The lowest BCUT2D eigenvalue weighted by Crippen LogP contribution is -2.38. The summed E-state index contributed by atoms with van der Waals surface area (Å²) in [6.07, 6.45) is 3.43. The second kappa shape index (κ2) is 10.8. The molecule has 1 aromatic carbocycles. The number of esters is 1. The largest absolute Gasteiger partial charge is 0.468 e. The zero-order chi connectivity index (χ0) is 26.7. The molecule has 196 valence electrons.